The maximum absolute atomic E-state index is 15.1. The summed E-state index contributed by atoms with van der Waals surface area (Å²) >= 11 is 6.26. The zero-order valence-corrected chi connectivity index (χ0v) is 62.5. The fourth-order valence-electron chi connectivity index (χ4n) is 12.5. The minimum Gasteiger partial charge on any atom is -0.394 e. The molecule has 4 heterocycles. The van der Waals surface area contributed by atoms with Gasteiger partial charge in [0.15, 0.2) is 0 Å². The van der Waals surface area contributed by atoms with Crippen LogP contribution < -0.4 is 58.5 Å². The van der Waals surface area contributed by atoms with Crippen molar-refractivity contribution in [3.63, 3.8) is 0 Å². The van der Waals surface area contributed by atoms with Crippen molar-refractivity contribution in [1.82, 2.24) is 78.3 Å². The van der Waals surface area contributed by atoms with Crippen molar-refractivity contribution in [1.29, 1.82) is 0 Å². The maximum atomic E-state index is 15.1. The van der Waals surface area contributed by atoms with Crippen LogP contribution in [-0.2, 0) is 67.2 Å². The fraction of sp³-hybridized carbons (Fsp3) is 0.456. The number of nitrogens with one attached hydrogen (secondary N) is 11. The molecule has 28 nitrogen and oxygen atoms in total. The van der Waals surface area contributed by atoms with Gasteiger partial charge in [-0.2, -0.15) is 0 Å². The summed E-state index contributed by atoms with van der Waals surface area (Å²) in [7, 11) is 0. The number of halogens is 1. The number of benzene rings is 3. The van der Waals surface area contributed by atoms with Gasteiger partial charge in [-0.3, -0.25) is 72.5 Å². The summed E-state index contributed by atoms with van der Waals surface area (Å²) in [5.74, 6) is -8.03. The van der Waals surface area contributed by atoms with E-state index in [0.717, 1.165) is 10.8 Å². The van der Waals surface area contributed by atoms with Crippen molar-refractivity contribution >= 4 is 93.6 Å². The number of aliphatic hydroxyl groups excluding tert-OH is 1. The van der Waals surface area contributed by atoms with Crippen LogP contribution in [0.3, 0.4) is 0 Å². The van der Waals surface area contributed by atoms with Crippen LogP contribution in [0.15, 0.2) is 140 Å². The van der Waals surface area contributed by atoms with Gasteiger partial charge in [0.2, 0.25) is 59.5 Å². The molecule has 1 aliphatic heterocycles. The molecular formula is C79H101ClN15O13. The van der Waals surface area contributed by atoms with Gasteiger partial charge in [0, 0.05) is 94.1 Å². The number of aromatic nitrogens is 3. The van der Waals surface area contributed by atoms with Crippen LogP contribution in [0.4, 0.5) is 0 Å². The van der Waals surface area contributed by atoms with E-state index < -0.39 is 126 Å². The van der Waals surface area contributed by atoms with Gasteiger partial charge >= 0.3 is 0 Å². The first-order valence-electron chi connectivity index (χ1n) is 36.9. The zero-order chi connectivity index (χ0) is 77.9. The van der Waals surface area contributed by atoms with Crippen LogP contribution in [-0.4, -0.2) is 189 Å². The second kappa shape index (κ2) is 44.5. The average Bonchev–Trinajstić information content (AvgIpc) is 1.78. The number of aliphatic hydroxyl groups is 1. The average molecular weight is 1500 g/mol. The number of carbonyl (C=O) groups excluding carboxylic acids is 12. The molecule has 1 aliphatic rings. The Morgan fingerprint density at radius 3 is 1.46 bits per heavy atom. The van der Waals surface area contributed by atoms with Crippen molar-refractivity contribution in [3.8, 4) is 0 Å². The molecule has 0 saturated carbocycles. The molecule has 11 amide bonds. The van der Waals surface area contributed by atoms with Crippen LogP contribution in [0.25, 0.3) is 10.8 Å². The summed E-state index contributed by atoms with van der Waals surface area (Å²) in [5, 5.41) is 44.2. The first kappa shape index (κ1) is 84.7. The number of amides is 11. The predicted molar refractivity (Wildman–Crippen MR) is 407 cm³/mol. The molecule has 577 valence electrons. The van der Waals surface area contributed by atoms with Gasteiger partial charge in [-0.1, -0.05) is 100.0 Å². The van der Waals surface area contributed by atoms with E-state index in [1.807, 2.05) is 76.4 Å². The molecule has 1 fully saturated rings. The highest BCUT2D eigenvalue weighted by molar-refractivity contribution is 6.30. The molecule has 0 spiro atoms. The molecule has 12 N–H and O–H groups in total. The Morgan fingerprint density at radius 2 is 0.944 bits per heavy atom. The lowest BCUT2D eigenvalue weighted by molar-refractivity contribution is -0.138. The molecule has 0 bridgehead atoms. The van der Waals surface area contributed by atoms with E-state index in [2.05, 4.69) is 73.4 Å². The van der Waals surface area contributed by atoms with Gasteiger partial charge in [-0.15, -0.1) is 0 Å². The molecule has 29 heteroatoms. The van der Waals surface area contributed by atoms with Crippen molar-refractivity contribution in [2.75, 3.05) is 32.8 Å². The van der Waals surface area contributed by atoms with Crippen LogP contribution in [0.1, 0.15) is 149 Å². The second-order valence-corrected chi connectivity index (χ2v) is 28.1. The van der Waals surface area contributed by atoms with Gasteiger partial charge in [0.05, 0.1) is 23.8 Å². The highest BCUT2D eigenvalue weighted by Crippen LogP contribution is 2.21. The number of rotatable bonds is 44. The minimum absolute atomic E-state index is 0.0367. The maximum Gasteiger partial charge on any atom is 0.252 e. The third-order valence-corrected chi connectivity index (χ3v) is 18.4. The van der Waals surface area contributed by atoms with E-state index in [0.29, 0.717) is 78.0 Å². The largest absolute Gasteiger partial charge is 0.394 e. The van der Waals surface area contributed by atoms with E-state index in [9.17, 15) is 57.8 Å². The Morgan fingerprint density at radius 1 is 0.491 bits per heavy atom. The number of likely N-dealkylation sites (tertiary alicyclic amines) is 1. The predicted octanol–water partition coefficient (Wildman–Crippen LogP) is 4.11. The van der Waals surface area contributed by atoms with E-state index in [1.165, 1.54) is 49.0 Å². The quantitative estimate of drug-likeness (QED) is 0.0239. The minimum atomic E-state index is -1.81. The van der Waals surface area contributed by atoms with Gasteiger partial charge < -0.3 is 68.5 Å². The van der Waals surface area contributed by atoms with Gasteiger partial charge in [-0.25, -0.2) is 0 Å². The van der Waals surface area contributed by atoms with E-state index in [-0.39, 0.29) is 89.3 Å². The van der Waals surface area contributed by atoms with Gasteiger partial charge in [0.1, 0.15) is 48.3 Å². The Kier molecular flexibility index (Phi) is 34.9. The Labute approximate surface area is 634 Å². The van der Waals surface area contributed by atoms with Crippen molar-refractivity contribution in [3.05, 3.63) is 173 Å². The summed E-state index contributed by atoms with van der Waals surface area (Å²) in [6.07, 6.45) is 13.6. The fourth-order valence-corrected chi connectivity index (χ4v) is 12.6. The summed E-state index contributed by atoms with van der Waals surface area (Å²) < 4.78 is 0. The molecule has 1 saturated heterocycles. The lowest BCUT2D eigenvalue weighted by atomic mass is 9.99. The number of pyridine rings is 3. The number of nitrogens with zero attached hydrogens (tertiary/aromatic N) is 4. The second-order valence-electron chi connectivity index (χ2n) is 27.7. The molecule has 0 aliphatic carbocycles. The van der Waals surface area contributed by atoms with Crippen LogP contribution in [0.2, 0.25) is 5.02 Å². The SMILES string of the molecule is CC(=O)N[C@H](Cc1ccc2ccccc2c1)C(=O)N[C@H](Cc1ccc(Cl)cc1)C(=O)N[C@H](Cc1cccnc1)C(=O)N[C@@H](CO)C(=O)N[C@@H](CCCCNC(=O)c1cccnc1)C(=O)N[C@H](CCCCNC(=O)c1cccnc1)C(=O)N[C@@H](CC(C)C)C(=O)N[C@@H](CCCCNC(C)C)C(=O)N1CCC[C@H]1[C]=O. The summed E-state index contributed by atoms with van der Waals surface area (Å²) in [5.41, 5.74) is 2.33. The van der Waals surface area contributed by atoms with Gasteiger partial charge in [-0.05, 0) is 159 Å². The van der Waals surface area contributed by atoms with Crippen LogP contribution >= 0.6 is 11.6 Å². The van der Waals surface area contributed by atoms with Crippen molar-refractivity contribution < 1.29 is 62.6 Å². The number of hydrogen-bond donors (Lipinski definition) is 12. The Balaban J connectivity index is 1.14. The molecule has 7 rings (SSSR count). The molecule has 9 atom stereocenters. The molecule has 0 unspecified atom stereocenters. The number of carbonyl (C=O) groups is 11. The highest BCUT2D eigenvalue weighted by atomic mass is 35.5. The third-order valence-electron chi connectivity index (χ3n) is 18.2. The summed E-state index contributed by atoms with van der Waals surface area (Å²) in [6, 6.07) is 17.6. The highest BCUT2D eigenvalue weighted by Gasteiger charge is 2.38. The molecule has 1 radical (unpaired) electrons. The number of hydrogen-bond acceptors (Lipinski definition) is 17. The van der Waals surface area contributed by atoms with Crippen molar-refractivity contribution in [2.45, 2.75) is 191 Å². The van der Waals surface area contributed by atoms with Crippen molar-refractivity contribution in [2.24, 2.45) is 5.92 Å². The lowest BCUT2D eigenvalue weighted by Crippen LogP contribution is -2.61. The zero-order valence-electron chi connectivity index (χ0n) is 61.8. The lowest BCUT2D eigenvalue weighted by Gasteiger charge is -2.30. The van der Waals surface area contributed by atoms with Gasteiger partial charge in [0.25, 0.3) is 11.8 Å². The summed E-state index contributed by atoms with van der Waals surface area (Å²) in [6.45, 7) is 9.11. The molecular weight excluding hydrogens is 1400 g/mol. The van der Waals surface area contributed by atoms with Crippen LogP contribution in [0, 0.1) is 5.92 Å². The molecule has 6 aromatic rings. The van der Waals surface area contributed by atoms with Crippen LogP contribution in [0.5, 0.6) is 0 Å². The standard InChI is InChI=1S/C79H101ClN15O13/c1-50(2)40-65(74(103)90-64(26-10-11-36-84-51(3)4)79(108)95-39-17-23-61(95)48-96)91-73(102)63(25-9-13-38-86-71(100)59-22-16-35-83-47-59)88-72(101)62(24-8-12-37-85-70(99)58-21-15-34-82-46-58)89-78(107)69(49-97)94-77(106)68(44-55-18-14-33-81-45-55)93-76(105)67(42-53-28-31-60(80)32-29-53)92-75(104)66(87-52(5)98)43-54-27-30-56-19-6-7-20-57(56)41-54/h6-7,14-16,18-22,27-35,41,45-47,50-51,61-69,84,97H,8-13,17,23-26,36-40,42-44,49H2,1-5H3,(H,85,99)(H,86,100)(H,87,98)(H,88,101)(H,89,107)(H,90,103)(H,91,102)(H,92,104)(H,93,105)(H,94,106)/t61-,62-,63+,64-,65-,66+,67+,68+,69-/m0/s1. The monoisotopic (exact) mass is 1500 g/mol. The topological polar surface area (TPSA) is 399 Å². The molecule has 3 aromatic carbocycles. The Bertz CT molecular complexity index is 3960. The first-order valence-corrected chi connectivity index (χ1v) is 37.3. The Hall–Kier alpha value is -10.6. The first-order chi connectivity index (χ1) is 52.0. The van der Waals surface area contributed by atoms with E-state index >= 15 is 4.79 Å². The van der Waals surface area contributed by atoms with E-state index in [4.69, 9.17) is 11.6 Å². The van der Waals surface area contributed by atoms with E-state index in [1.54, 1.807) is 60.7 Å². The molecule has 3 aromatic heterocycles. The number of unbranched alkanes of at least 4 members (excludes halogenated alkanes) is 3. The normalized spacial score (nSPS) is 14.8. The number of fused-ring (bicyclic) bond motifs is 1. The molecule has 108 heavy (non-hydrogen) atoms. The smallest absolute Gasteiger partial charge is 0.252 e. The summed E-state index contributed by atoms with van der Waals surface area (Å²) in [4.78, 5) is 182. The third kappa shape index (κ3) is 28.3.